The minimum Gasteiger partial charge on any atom is -0.460 e. The number of benzene rings is 2. The van der Waals surface area contributed by atoms with Gasteiger partial charge in [-0.3, -0.25) is 4.79 Å². The predicted octanol–water partition coefficient (Wildman–Crippen LogP) is 7.74. The van der Waals surface area contributed by atoms with E-state index >= 15 is 0 Å². The molecular formula is C30H44N4O2S. The van der Waals surface area contributed by atoms with Crippen molar-refractivity contribution < 1.29 is 9.53 Å². The summed E-state index contributed by atoms with van der Waals surface area (Å²) < 4.78 is 4.80. The molecule has 0 saturated heterocycles. The molecule has 0 spiro atoms. The van der Waals surface area contributed by atoms with Gasteiger partial charge in [-0.1, -0.05) is 43.6 Å². The van der Waals surface area contributed by atoms with Crippen LogP contribution in [0, 0.1) is 18.3 Å². The first-order chi connectivity index (χ1) is 17.1. The molecule has 0 amide bonds. The summed E-state index contributed by atoms with van der Waals surface area (Å²) in [7, 11) is 0. The van der Waals surface area contributed by atoms with Crippen LogP contribution in [-0.4, -0.2) is 23.1 Å². The Balaban J connectivity index is 0. The summed E-state index contributed by atoms with van der Waals surface area (Å²) in [6.45, 7) is 25.0. The van der Waals surface area contributed by atoms with E-state index in [1.54, 1.807) is 6.07 Å². The summed E-state index contributed by atoms with van der Waals surface area (Å²) in [6.07, 6.45) is 0. The third-order valence-electron chi connectivity index (χ3n) is 3.73. The van der Waals surface area contributed by atoms with Gasteiger partial charge in [0.25, 0.3) is 0 Å². The van der Waals surface area contributed by atoms with E-state index in [9.17, 15) is 4.79 Å². The molecule has 0 aliphatic carbocycles. The Hall–Kier alpha value is -3.63. The summed E-state index contributed by atoms with van der Waals surface area (Å²) >= 11 is 4.91. The number of ether oxygens (including phenoxy) is 1. The second kappa shape index (κ2) is 19.5. The molecule has 2 aromatic rings. The highest BCUT2D eigenvalue weighted by Gasteiger charge is 2.11. The maximum absolute atomic E-state index is 10.2. The molecule has 0 aliphatic rings. The molecule has 0 aliphatic heterocycles. The van der Waals surface area contributed by atoms with Gasteiger partial charge in [-0.15, -0.1) is 0 Å². The standard InChI is InChI=1S/C10H10N2S.C9H11N.C6H12O2.C5H11N/c1-7-5-10(12-8(2)13)4-3-9(7)6-11;1-8(2)10-9-6-4-3-5-7-9;1-5(7)8-6(2,3)4;1-4-6-5(2)3/h3-5H,1-2H3,(H,12,13);3-7,10H,1H2,2H3;1-4H3;6H,2,4H2,1,3H3. The molecule has 2 rings (SSSR count). The zero-order valence-corrected chi connectivity index (χ0v) is 24.7. The molecule has 0 saturated carbocycles. The minimum atomic E-state index is -0.328. The monoisotopic (exact) mass is 524 g/mol. The van der Waals surface area contributed by atoms with Crippen LogP contribution in [0.25, 0.3) is 0 Å². The third kappa shape index (κ3) is 23.9. The smallest absolute Gasteiger partial charge is 0.303 e. The van der Waals surface area contributed by atoms with Gasteiger partial charge in [-0.2, -0.15) is 5.26 Å². The Morgan fingerprint density at radius 1 is 0.973 bits per heavy atom. The van der Waals surface area contributed by atoms with Crippen molar-refractivity contribution in [3.05, 3.63) is 84.2 Å². The Labute approximate surface area is 229 Å². The highest BCUT2D eigenvalue weighted by Crippen LogP contribution is 2.14. The molecule has 0 atom stereocenters. The fourth-order valence-electron chi connectivity index (χ4n) is 2.57. The van der Waals surface area contributed by atoms with Gasteiger partial charge >= 0.3 is 5.97 Å². The number of hydrogen-bond acceptors (Lipinski definition) is 6. The number of nitrogens with zero attached hydrogens (tertiary/aromatic N) is 1. The van der Waals surface area contributed by atoms with Crippen molar-refractivity contribution in [1.82, 2.24) is 5.32 Å². The van der Waals surface area contributed by atoms with Gasteiger partial charge in [0, 0.05) is 36.2 Å². The van der Waals surface area contributed by atoms with Crippen LogP contribution < -0.4 is 16.0 Å². The van der Waals surface area contributed by atoms with E-state index in [1.807, 2.05) is 90.9 Å². The van der Waals surface area contributed by atoms with Gasteiger partial charge in [0.05, 0.1) is 16.6 Å². The minimum absolute atomic E-state index is 0.225. The normalized spacial score (nSPS) is 9.19. The third-order valence-corrected chi connectivity index (χ3v) is 3.83. The lowest BCUT2D eigenvalue weighted by atomic mass is 10.1. The van der Waals surface area contributed by atoms with Crippen molar-refractivity contribution in [2.45, 2.75) is 67.9 Å². The number of carbonyl (C=O) groups is 1. The van der Waals surface area contributed by atoms with Crippen LogP contribution in [0.1, 0.15) is 66.5 Å². The number of nitriles is 1. The lowest BCUT2D eigenvalue weighted by Crippen LogP contribution is -2.21. The summed E-state index contributed by atoms with van der Waals surface area (Å²) in [5, 5.41) is 17.8. The number of aryl methyl sites for hydroxylation is 1. The first-order valence-corrected chi connectivity index (χ1v) is 12.4. The van der Waals surface area contributed by atoms with E-state index in [2.05, 4.69) is 42.1 Å². The first-order valence-electron chi connectivity index (χ1n) is 12.0. The molecule has 202 valence electrons. The van der Waals surface area contributed by atoms with Crippen molar-refractivity contribution in [1.29, 1.82) is 5.26 Å². The lowest BCUT2D eigenvalue weighted by Gasteiger charge is -2.17. The number of carbonyl (C=O) groups excluding carboxylic acids is 1. The Bertz CT molecular complexity index is 1040. The number of allylic oxidation sites excluding steroid dienone is 2. The number of para-hydroxylation sites is 1. The van der Waals surface area contributed by atoms with Gasteiger partial charge in [-0.05, 0) is 91.3 Å². The Morgan fingerprint density at radius 2 is 1.54 bits per heavy atom. The highest BCUT2D eigenvalue weighted by atomic mass is 32.1. The van der Waals surface area contributed by atoms with Crippen LogP contribution in [0.2, 0.25) is 0 Å². The molecule has 2 aromatic carbocycles. The Kier molecular flexibility index (Phi) is 18.8. The maximum Gasteiger partial charge on any atom is 0.303 e. The van der Waals surface area contributed by atoms with Gasteiger partial charge in [-0.25, -0.2) is 0 Å². The molecular weight excluding hydrogens is 480 g/mol. The molecule has 0 radical (unpaired) electrons. The van der Waals surface area contributed by atoms with Gasteiger partial charge in [0.1, 0.15) is 5.60 Å². The van der Waals surface area contributed by atoms with E-state index in [-0.39, 0.29) is 11.6 Å². The molecule has 0 bridgehead atoms. The highest BCUT2D eigenvalue weighted by molar-refractivity contribution is 7.80. The van der Waals surface area contributed by atoms with Crippen molar-refractivity contribution in [3.8, 4) is 6.07 Å². The zero-order chi connectivity index (χ0) is 29.0. The molecule has 0 aromatic heterocycles. The molecule has 0 unspecified atom stereocenters. The zero-order valence-electron chi connectivity index (χ0n) is 23.9. The topological polar surface area (TPSA) is 86.2 Å². The number of rotatable bonds is 5. The largest absolute Gasteiger partial charge is 0.460 e. The number of nitrogens with one attached hydrogen (secondary N) is 3. The Morgan fingerprint density at radius 3 is 1.84 bits per heavy atom. The molecule has 0 fully saturated rings. The van der Waals surface area contributed by atoms with Gasteiger partial charge < -0.3 is 20.7 Å². The first kappa shape index (κ1) is 35.5. The van der Waals surface area contributed by atoms with Gasteiger partial charge in [0.15, 0.2) is 0 Å². The van der Waals surface area contributed by atoms with E-state index in [1.165, 1.54) is 6.92 Å². The average molecular weight is 525 g/mol. The van der Waals surface area contributed by atoms with Crippen molar-refractivity contribution in [2.75, 3.05) is 17.2 Å². The summed E-state index contributed by atoms with van der Waals surface area (Å²) in [4.78, 5) is 11.0. The second-order valence-corrected chi connectivity index (χ2v) is 9.72. The van der Waals surface area contributed by atoms with Crippen LogP contribution >= 0.6 is 12.2 Å². The summed E-state index contributed by atoms with van der Waals surface area (Å²) in [5.41, 5.74) is 5.37. The van der Waals surface area contributed by atoms with Crippen LogP contribution in [0.4, 0.5) is 11.4 Å². The van der Waals surface area contributed by atoms with E-state index in [0.29, 0.717) is 5.56 Å². The van der Waals surface area contributed by atoms with Crippen molar-refractivity contribution >= 4 is 34.6 Å². The maximum atomic E-state index is 10.2. The van der Waals surface area contributed by atoms with E-state index in [0.717, 1.165) is 39.9 Å². The molecule has 6 nitrogen and oxygen atoms in total. The molecule has 3 N–H and O–H groups in total. The summed E-state index contributed by atoms with van der Waals surface area (Å²) in [6, 6.07) is 17.7. The quantitative estimate of drug-likeness (QED) is 0.272. The fraction of sp³-hybridized carbons (Fsp3) is 0.367. The second-order valence-electron chi connectivity index (χ2n) is 9.11. The van der Waals surface area contributed by atoms with Crippen molar-refractivity contribution in [3.63, 3.8) is 0 Å². The van der Waals surface area contributed by atoms with E-state index < -0.39 is 0 Å². The number of anilines is 2. The fourth-order valence-corrected chi connectivity index (χ4v) is 2.69. The lowest BCUT2D eigenvalue weighted by molar-refractivity contribution is -0.151. The average Bonchev–Trinajstić information content (AvgIpc) is 2.73. The van der Waals surface area contributed by atoms with Crippen molar-refractivity contribution in [2.24, 2.45) is 0 Å². The van der Waals surface area contributed by atoms with Crippen LogP contribution in [0.5, 0.6) is 0 Å². The van der Waals surface area contributed by atoms with E-state index in [4.69, 9.17) is 22.2 Å². The van der Waals surface area contributed by atoms with Crippen LogP contribution in [-0.2, 0) is 9.53 Å². The van der Waals surface area contributed by atoms with Crippen LogP contribution in [0.15, 0.2) is 73.1 Å². The molecule has 37 heavy (non-hydrogen) atoms. The molecule has 7 heteroatoms. The predicted molar refractivity (Wildman–Crippen MR) is 163 cm³/mol. The number of esters is 1. The number of thiocarbonyl (C=S) groups is 1. The number of hydrogen-bond donors (Lipinski definition) is 3. The molecule has 0 heterocycles. The SMILES string of the molecule is C=C(C)NCC.C=C(C)Nc1ccccc1.CC(=O)OC(C)(C)C.CC(=S)Nc1ccc(C#N)c(C)c1. The van der Waals surface area contributed by atoms with Gasteiger partial charge in [0.2, 0.25) is 0 Å². The van der Waals surface area contributed by atoms with Crippen LogP contribution in [0.3, 0.4) is 0 Å². The summed E-state index contributed by atoms with van der Waals surface area (Å²) in [5.74, 6) is -0.225.